The molecule has 1 aromatic carbocycles. The minimum Gasteiger partial charge on any atom is -0.351 e. The van der Waals surface area contributed by atoms with Gasteiger partial charge in [-0.1, -0.05) is 19.1 Å². The van der Waals surface area contributed by atoms with E-state index in [0.717, 1.165) is 36.6 Å². The van der Waals surface area contributed by atoms with E-state index in [9.17, 15) is 4.79 Å². The zero-order valence-corrected chi connectivity index (χ0v) is 14.7. The average molecular weight is 337 g/mol. The first-order valence-corrected chi connectivity index (χ1v) is 7.69. The van der Waals surface area contributed by atoms with Gasteiger partial charge < -0.3 is 10.6 Å². The van der Waals surface area contributed by atoms with Crippen LogP contribution in [0.25, 0.3) is 0 Å². The van der Waals surface area contributed by atoms with Gasteiger partial charge in [0.15, 0.2) is 0 Å². The Hall–Kier alpha value is -1.85. The number of benzene rings is 1. The number of aryl methyl sites for hydroxylation is 2. The fourth-order valence-electron chi connectivity index (χ4n) is 2.31. The molecule has 0 saturated heterocycles. The monoisotopic (exact) mass is 336 g/mol. The molecule has 0 aliphatic heterocycles. The summed E-state index contributed by atoms with van der Waals surface area (Å²) < 4.78 is 1.97. The number of nitrogens with one attached hydrogen (secondary N) is 2. The summed E-state index contributed by atoms with van der Waals surface area (Å²) in [6, 6.07) is 9.75. The van der Waals surface area contributed by atoms with Crippen LogP contribution in [0.5, 0.6) is 0 Å². The maximum absolute atomic E-state index is 12.0. The minimum atomic E-state index is -0.0319. The summed E-state index contributed by atoms with van der Waals surface area (Å²) in [5, 5.41) is 10.5. The first kappa shape index (κ1) is 19.2. The molecule has 0 spiro atoms. The third kappa shape index (κ3) is 5.69. The normalized spacial score (nSPS) is 10.2. The number of rotatable bonds is 7. The van der Waals surface area contributed by atoms with Crippen LogP contribution in [0.1, 0.15) is 34.2 Å². The number of amides is 1. The molecule has 0 aliphatic carbocycles. The van der Waals surface area contributed by atoms with Crippen molar-refractivity contribution in [1.82, 2.24) is 20.4 Å². The number of nitrogens with zero attached hydrogens (tertiary/aromatic N) is 2. The lowest BCUT2D eigenvalue weighted by Gasteiger charge is -2.08. The first-order valence-electron chi connectivity index (χ1n) is 7.69. The van der Waals surface area contributed by atoms with Gasteiger partial charge in [-0.3, -0.25) is 9.48 Å². The van der Waals surface area contributed by atoms with Gasteiger partial charge in [0.2, 0.25) is 0 Å². The van der Waals surface area contributed by atoms with Crippen LogP contribution in [0.3, 0.4) is 0 Å². The number of carbonyl (C=O) groups is 1. The Balaban J connectivity index is 0.00000264. The molecule has 0 radical (unpaired) electrons. The highest BCUT2D eigenvalue weighted by Gasteiger charge is 2.06. The van der Waals surface area contributed by atoms with Gasteiger partial charge in [0.1, 0.15) is 0 Å². The van der Waals surface area contributed by atoms with Gasteiger partial charge in [0.05, 0.1) is 12.2 Å². The van der Waals surface area contributed by atoms with Crippen LogP contribution in [0.15, 0.2) is 30.3 Å². The summed E-state index contributed by atoms with van der Waals surface area (Å²) >= 11 is 0. The molecule has 0 fully saturated rings. The van der Waals surface area contributed by atoms with Crippen molar-refractivity contribution in [3.05, 3.63) is 52.8 Å². The lowest BCUT2D eigenvalue weighted by molar-refractivity contribution is 0.0954. The summed E-state index contributed by atoms with van der Waals surface area (Å²) in [5.74, 6) is -0.0319. The van der Waals surface area contributed by atoms with Crippen LogP contribution >= 0.6 is 12.4 Å². The maximum atomic E-state index is 12.0. The summed E-state index contributed by atoms with van der Waals surface area (Å²) in [6.07, 6.45) is 0. The van der Waals surface area contributed by atoms with E-state index >= 15 is 0 Å². The molecule has 2 rings (SSSR count). The first-order chi connectivity index (χ1) is 10.6. The standard InChI is InChI=1S/C17H24N4O.ClH/c1-4-18-9-10-19-17(22)16-7-5-15(6-8-16)12-21-14(3)11-13(2)20-21;/h5-8,11,18H,4,9-10,12H2,1-3H3,(H,19,22);1H. The van der Waals surface area contributed by atoms with Crippen molar-refractivity contribution in [2.75, 3.05) is 19.6 Å². The fraction of sp³-hybridized carbons (Fsp3) is 0.412. The van der Waals surface area contributed by atoms with E-state index < -0.39 is 0 Å². The smallest absolute Gasteiger partial charge is 0.251 e. The molecule has 23 heavy (non-hydrogen) atoms. The van der Waals surface area contributed by atoms with Crippen molar-refractivity contribution in [3.8, 4) is 0 Å². The van der Waals surface area contributed by atoms with Gasteiger partial charge in [-0.15, -0.1) is 12.4 Å². The molecule has 6 heteroatoms. The van der Waals surface area contributed by atoms with E-state index in [-0.39, 0.29) is 18.3 Å². The second-order valence-corrected chi connectivity index (χ2v) is 5.39. The fourth-order valence-corrected chi connectivity index (χ4v) is 2.31. The summed E-state index contributed by atoms with van der Waals surface area (Å²) in [5.41, 5.74) is 3.99. The lowest BCUT2D eigenvalue weighted by atomic mass is 10.1. The van der Waals surface area contributed by atoms with Crippen molar-refractivity contribution >= 4 is 18.3 Å². The summed E-state index contributed by atoms with van der Waals surface area (Å²) in [7, 11) is 0. The molecule has 126 valence electrons. The largest absolute Gasteiger partial charge is 0.351 e. The second-order valence-electron chi connectivity index (χ2n) is 5.39. The van der Waals surface area contributed by atoms with Gasteiger partial charge >= 0.3 is 0 Å². The van der Waals surface area contributed by atoms with Gasteiger partial charge in [0.25, 0.3) is 5.91 Å². The maximum Gasteiger partial charge on any atom is 0.251 e. The molecule has 1 heterocycles. The number of halogens is 1. The number of likely N-dealkylation sites (N-methyl/N-ethyl adjacent to an activating group) is 1. The molecular weight excluding hydrogens is 312 g/mol. The Kier molecular flexibility index (Phi) is 7.78. The predicted molar refractivity (Wildman–Crippen MR) is 95.4 cm³/mol. The molecule has 2 aromatic rings. The highest BCUT2D eigenvalue weighted by atomic mass is 35.5. The molecule has 2 N–H and O–H groups in total. The van der Waals surface area contributed by atoms with E-state index in [1.165, 1.54) is 0 Å². The number of aromatic nitrogens is 2. The number of hydrogen-bond donors (Lipinski definition) is 2. The van der Waals surface area contributed by atoms with Crippen molar-refractivity contribution in [1.29, 1.82) is 0 Å². The summed E-state index contributed by atoms with van der Waals surface area (Å²) in [4.78, 5) is 12.0. The average Bonchev–Trinajstić information content (AvgIpc) is 2.82. The zero-order chi connectivity index (χ0) is 15.9. The Morgan fingerprint density at radius 1 is 1.17 bits per heavy atom. The third-order valence-electron chi connectivity index (χ3n) is 3.49. The zero-order valence-electron chi connectivity index (χ0n) is 13.9. The SMILES string of the molecule is CCNCCNC(=O)c1ccc(Cn2nc(C)cc2C)cc1.Cl. The van der Waals surface area contributed by atoms with Crippen LogP contribution in [-0.4, -0.2) is 35.3 Å². The van der Waals surface area contributed by atoms with Gasteiger partial charge in [-0.05, 0) is 44.2 Å². The molecule has 5 nitrogen and oxygen atoms in total. The van der Waals surface area contributed by atoms with Crippen molar-refractivity contribution in [3.63, 3.8) is 0 Å². The molecule has 0 atom stereocenters. The Morgan fingerprint density at radius 3 is 2.43 bits per heavy atom. The molecular formula is C17H25ClN4O. The second kappa shape index (κ2) is 9.33. The van der Waals surface area contributed by atoms with Crippen LogP contribution in [0.2, 0.25) is 0 Å². The number of carbonyl (C=O) groups excluding carboxylic acids is 1. The van der Waals surface area contributed by atoms with Crippen LogP contribution in [0, 0.1) is 13.8 Å². The van der Waals surface area contributed by atoms with Crippen LogP contribution < -0.4 is 10.6 Å². The van der Waals surface area contributed by atoms with Crippen LogP contribution in [0.4, 0.5) is 0 Å². The molecule has 0 bridgehead atoms. The van der Waals surface area contributed by atoms with E-state index in [1.807, 2.05) is 49.7 Å². The lowest BCUT2D eigenvalue weighted by Crippen LogP contribution is -2.31. The van der Waals surface area contributed by atoms with E-state index in [2.05, 4.69) is 21.8 Å². The molecule has 1 amide bonds. The molecule has 0 aliphatic rings. The topological polar surface area (TPSA) is 58.9 Å². The van der Waals surface area contributed by atoms with Crippen LogP contribution in [-0.2, 0) is 6.54 Å². The van der Waals surface area contributed by atoms with Gasteiger partial charge in [0, 0.05) is 24.3 Å². The Labute approximate surface area is 143 Å². The Morgan fingerprint density at radius 2 is 1.87 bits per heavy atom. The van der Waals surface area contributed by atoms with E-state index in [1.54, 1.807) is 0 Å². The van der Waals surface area contributed by atoms with Gasteiger partial charge in [-0.25, -0.2) is 0 Å². The highest BCUT2D eigenvalue weighted by Crippen LogP contribution is 2.09. The Bertz CT molecular complexity index is 622. The molecule has 1 aromatic heterocycles. The van der Waals surface area contributed by atoms with E-state index in [0.29, 0.717) is 12.1 Å². The van der Waals surface area contributed by atoms with Crippen molar-refractivity contribution in [2.24, 2.45) is 0 Å². The minimum absolute atomic E-state index is 0. The highest BCUT2D eigenvalue weighted by molar-refractivity contribution is 5.94. The third-order valence-corrected chi connectivity index (χ3v) is 3.49. The quantitative estimate of drug-likeness (QED) is 0.763. The van der Waals surface area contributed by atoms with Gasteiger partial charge in [-0.2, -0.15) is 5.10 Å². The van der Waals surface area contributed by atoms with Crippen molar-refractivity contribution in [2.45, 2.75) is 27.3 Å². The number of hydrogen-bond acceptors (Lipinski definition) is 3. The molecule has 0 saturated carbocycles. The van der Waals surface area contributed by atoms with Crippen molar-refractivity contribution < 1.29 is 4.79 Å². The molecule has 0 unspecified atom stereocenters. The predicted octanol–water partition coefficient (Wildman–Crippen LogP) is 2.31. The van der Waals surface area contributed by atoms with E-state index in [4.69, 9.17) is 0 Å². The summed E-state index contributed by atoms with van der Waals surface area (Å²) in [6.45, 7) is 9.15.